The van der Waals surface area contributed by atoms with Crippen molar-refractivity contribution in [1.29, 1.82) is 0 Å². The number of nitrogens with zero attached hydrogens (tertiary/aromatic N) is 1. The number of ether oxygens (including phenoxy) is 1. The molecule has 2 N–H and O–H groups in total. The van der Waals surface area contributed by atoms with Crippen molar-refractivity contribution in [1.82, 2.24) is 4.90 Å². The van der Waals surface area contributed by atoms with Crippen molar-refractivity contribution in [3.63, 3.8) is 0 Å². The predicted octanol–water partition coefficient (Wildman–Crippen LogP) is 4.23. The van der Waals surface area contributed by atoms with E-state index in [1.807, 2.05) is 23.1 Å². The Morgan fingerprint density at radius 3 is 2.44 bits per heavy atom. The van der Waals surface area contributed by atoms with E-state index in [4.69, 9.17) is 10.5 Å². The number of carbonyl (C=O) groups excluding carboxylic acids is 1. The van der Waals surface area contributed by atoms with Crippen LogP contribution >= 0.6 is 0 Å². The molecule has 1 amide bonds. The number of benzene rings is 2. The summed E-state index contributed by atoms with van der Waals surface area (Å²) in [7, 11) is 1.69. The molecule has 0 bridgehead atoms. The largest absolute Gasteiger partial charge is 0.496 e. The van der Waals surface area contributed by atoms with Crippen molar-refractivity contribution >= 4 is 5.91 Å². The van der Waals surface area contributed by atoms with E-state index >= 15 is 0 Å². The quantitative estimate of drug-likeness (QED) is 0.832. The Labute approximate surface area is 162 Å². The van der Waals surface area contributed by atoms with Crippen LogP contribution in [0.4, 0.5) is 0 Å². The molecular weight excluding hydrogens is 336 g/mol. The van der Waals surface area contributed by atoms with Crippen molar-refractivity contribution < 1.29 is 9.53 Å². The van der Waals surface area contributed by atoms with Gasteiger partial charge in [-0.15, -0.1) is 0 Å². The normalized spacial score (nSPS) is 19.3. The van der Waals surface area contributed by atoms with Crippen LogP contribution in [0.15, 0.2) is 48.5 Å². The standard InChI is InChI=1S/C23H30N2O2/c1-16(2)25(23(26)19-12-13-20(24)14-19)15-17-8-10-18(11-9-17)21-6-4-5-7-22(21)27-3/h4-11,16,19-20H,12-15,24H2,1-3H3. The first-order valence-corrected chi connectivity index (χ1v) is 9.78. The van der Waals surface area contributed by atoms with Gasteiger partial charge in [0, 0.05) is 30.1 Å². The minimum atomic E-state index is 0.0789. The van der Waals surface area contributed by atoms with Gasteiger partial charge in [0.2, 0.25) is 5.91 Å². The van der Waals surface area contributed by atoms with Crippen LogP contribution in [-0.4, -0.2) is 30.0 Å². The maximum atomic E-state index is 13.0. The highest BCUT2D eigenvalue weighted by atomic mass is 16.5. The average molecular weight is 367 g/mol. The van der Waals surface area contributed by atoms with Gasteiger partial charge in [0.05, 0.1) is 7.11 Å². The molecule has 1 saturated carbocycles. The third-order valence-corrected chi connectivity index (χ3v) is 5.45. The summed E-state index contributed by atoms with van der Waals surface area (Å²) < 4.78 is 5.46. The first-order chi connectivity index (χ1) is 13.0. The Bertz CT molecular complexity index is 770. The molecule has 2 unspecified atom stereocenters. The molecule has 1 fully saturated rings. The third kappa shape index (κ3) is 4.51. The summed E-state index contributed by atoms with van der Waals surface area (Å²) in [6, 6.07) is 16.8. The maximum absolute atomic E-state index is 13.0. The van der Waals surface area contributed by atoms with E-state index in [1.165, 1.54) is 0 Å². The van der Waals surface area contributed by atoms with Gasteiger partial charge in [-0.1, -0.05) is 42.5 Å². The molecule has 0 heterocycles. The van der Waals surface area contributed by atoms with Gasteiger partial charge in [-0.3, -0.25) is 4.79 Å². The summed E-state index contributed by atoms with van der Waals surface area (Å²) in [6.45, 7) is 4.79. The second kappa shape index (κ2) is 8.57. The van der Waals surface area contributed by atoms with Crippen molar-refractivity contribution in [3.05, 3.63) is 54.1 Å². The van der Waals surface area contributed by atoms with Crippen LogP contribution in [0.2, 0.25) is 0 Å². The molecule has 0 spiro atoms. The molecule has 0 radical (unpaired) electrons. The number of nitrogens with two attached hydrogens (primary N) is 1. The minimum absolute atomic E-state index is 0.0789. The van der Waals surface area contributed by atoms with Crippen LogP contribution in [0.5, 0.6) is 5.75 Å². The molecule has 1 aliphatic carbocycles. The molecule has 0 saturated heterocycles. The summed E-state index contributed by atoms with van der Waals surface area (Å²) in [4.78, 5) is 14.9. The number of carbonyl (C=O) groups is 1. The lowest BCUT2D eigenvalue weighted by Gasteiger charge is -2.29. The summed E-state index contributed by atoms with van der Waals surface area (Å²) in [6.07, 6.45) is 2.68. The number of hydrogen-bond acceptors (Lipinski definition) is 3. The lowest BCUT2D eigenvalue weighted by atomic mass is 10.0. The first kappa shape index (κ1) is 19.4. The molecule has 2 atom stereocenters. The number of amides is 1. The fourth-order valence-electron chi connectivity index (χ4n) is 3.86. The lowest BCUT2D eigenvalue weighted by molar-refractivity contribution is -0.137. The van der Waals surface area contributed by atoms with E-state index in [-0.39, 0.29) is 23.9 Å². The molecule has 1 aliphatic rings. The number of methoxy groups -OCH3 is 1. The summed E-state index contributed by atoms with van der Waals surface area (Å²) >= 11 is 0. The van der Waals surface area contributed by atoms with Gasteiger partial charge in [-0.25, -0.2) is 0 Å². The van der Waals surface area contributed by atoms with Crippen LogP contribution in [0, 0.1) is 5.92 Å². The zero-order chi connectivity index (χ0) is 19.4. The van der Waals surface area contributed by atoms with Crippen molar-refractivity contribution in [2.45, 2.75) is 51.7 Å². The van der Waals surface area contributed by atoms with E-state index in [1.54, 1.807) is 7.11 Å². The molecular formula is C23H30N2O2. The van der Waals surface area contributed by atoms with E-state index in [0.29, 0.717) is 6.54 Å². The van der Waals surface area contributed by atoms with Gasteiger partial charge in [0.1, 0.15) is 5.75 Å². The summed E-state index contributed by atoms with van der Waals surface area (Å²) in [5, 5.41) is 0. The lowest BCUT2D eigenvalue weighted by Crippen LogP contribution is -2.40. The molecule has 4 nitrogen and oxygen atoms in total. The average Bonchev–Trinajstić information content (AvgIpc) is 3.12. The van der Waals surface area contributed by atoms with Gasteiger partial charge < -0.3 is 15.4 Å². The van der Waals surface area contributed by atoms with E-state index in [9.17, 15) is 4.79 Å². The fraction of sp³-hybridized carbons (Fsp3) is 0.435. The number of para-hydroxylation sites is 1. The van der Waals surface area contributed by atoms with E-state index < -0.39 is 0 Å². The third-order valence-electron chi connectivity index (χ3n) is 5.45. The van der Waals surface area contributed by atoms with Crippen LogP contribution < -0.4 is 10.5 Å². The van der Waals surface area contributed by atoms with E-state index in [0.717, 1.165) is 41.7 Å². The van der Waals surface area contributed by atoms with Crippen LogP contribution in [0.25, 0.3) is 11.1 Å². The highest BCUT2D eigenvalue weighted by molar-refractivity contribution is 5.79. The monoisotopic (exact) mass is 366 g/mol. The Hall–Kier alpha value is -2.33. The highest BCUT2D eigenvalue weighted by Gasteiger charge is 2.32. The van der Waals surface area contributed by atoms with Crippen molar-refractivity contribution in [3.8, 4) is 16.9 Å². The van der Waals surface area contributed by atoms with Gasteiger partial charge >= 0.3 is 0 Å². The van der Waals surface area contributed by atoms with E-state index in [2.05, 4.69) is 44.2 Å². The fourth-order valence-corrected chi connectivity index (χ4v) is 3.86. The smallest absolute Gasteiger partial charge is 0.226 e. The molecule has 0 aliphatic heterocycles. The highest BCUT2D eigenvalue weighted by Crippen LogP contribution is 2.30. The molecule has 2 aromatic carbocycles. The summed E-state index contributed by atoms with van der Waals surface area (Å²) in [5.74, 6) is 1.18. The zero-order valence-electron chi connectivity index (χ0n) is 16.5. The Morgan fingerprint density at radius 1 is 1.15 bits per heavy atom. The van der Waals surface area contributed by atoms with Crippen molar-refractivity contribution in [2.75, 3.05) is 7.11 Å². The second-order valence-electron chi connectivity index (χ2n) is 7.73. The van der Waals surface area contributed by atoms with Gasteiger partial charge in [-0.05, 0) is 50.3 Å². The SMILES string of the molecule is COc1ccccc1-c1ccc(CN(C(=O)C2CCC(N)C2)C(C)C)cc1. The van der Waals surface area contributed by atoms with Gasteiger partial charge in [0.25, 0.3) is 0 Å². The van der Waals surface area contributed by atoms with Crippen LogP contribution in [0.3, 0.4) is 0 Å². The number of rotatable bonds is 6. The topological polar surface area (TPSA) is 55.6 Å². The molecule has 4 heteroatoms. The maximum Gasteiger partial charge on any atom is 0.226 e. The minimum Gasteiger partial charge on any atom is -0.496 e. The zero-order valence-corrected chi connectivity index (χ0v) is 16.5. The summed E-state index contributed by atoms with van der Waals surface area (Å²) in [5.41, 5.74) is 9.33. The molecule has 2 aromatic rings. The van der Waals surface area contributed by atoms with Gasteiger partial charge in [0.15, 0.2) is 0 Å². The van der Waals surface area contributed by atoms with Crippen molar-refractivity contribution in [2.24, 2.45) is 11.7 Å². The van der Waals surface area contributed by atoms with Crippen LogP contribution in [-0.2, 0) is 11.3 Å². The van der Waals surface area contributed by atoms with Gasteiger partial charge in [-0.2, -0.15) is 0 Å². The Balaban J connectivity index is 1.74. The molecule has 0 aromatic heterocycles. The molecule has 3 rings (SSSR count). The molecule has 144 valence electrons. The second-order valence-corrected chi connectivity index (χ2v) is 7.73. The Morgan fingerprint density at radius 2 is 1.85 bits per heavy atom. The number of hydrogen-bond donors (Lipinski definition) is 1. The first-order valence-electron chi connectivity index (χ1n) is 9.78. The predicted molar refractivity (Wildman–Crippen MR) is 109 cm³/mol. The Kier molecular flexibility index (Phi) is 6.17. The molecule has 27 heavy (non-hydrogen) atoms. The van der Waals surface area contributed by atoms with Crippen LogP contribution in [0.1, 0.15) is 38.7 Å².